The average molecular weight is 414 g/mol. The highest BCUT2D eigenvalue weighted by Crippen LogP contribution is 2.38. The second kappa shape index (κ2) is 8.84. The quantitative estimate of drug-likeness (QED) is 0.673. The number of hydrogen-bond donors (Lipinski definition) is 1. The van der Waals surface area contributed by atoms with Gasteiger partial charge in [-0.2, -0.15) is 0 Å². The van der Waals surface area contributed by atoms with E-state index in [4.69, 9.17) is 0 Å². The Kier molecular flexibility index (Phi) is 6.01. The van der Waals surface area contributed by atoms with E-state index in [0.717, 1.165) is 66.3 Å². The lowest BCUT2D eigenvalue weighted by atomic mass is 10.1. The maximum Gasteiger partial charge on any atom is 0.234 e. The fraction of sp³-hybridized carbons (Fsp3) is 0.381. The van der Waals surface area contributed by atoms with Crippen molar-refractivity contribution in [3.05, 3.63) is 41.8 Å². The van der Waals surface area contributed by atoms with Gasteiger partial charge < -0.3 is 10.2 Å². The van der Waals surface area contributed by atoms with Gasteiger partial charge in [-0.25, -0.2) is 14.4 Å². The molecule has 2 aromatic heterocycles. The minimum atomic E-state index is -0.246. The number of nitrogens with zero attached hydrogens (tertiary/aromatic N) is 4. The second-order valence-corrected chi connectivity index (χ2v) is 8.00. The van der Waals surface area contributed by atoms with Gasteiger partial charge in [0.2, 0.25) is 5.91 Å². The Morgan fingerprint density at radius 3 is 2.66 bits per heavy atom. The average Bonchev–Trinajstić information content (AvgIpc) is 3.18. The SMILES string of the molecule is CCCNC(=O)CN1CCN(c2ncnc3scc(-c4ccc(F)cc4)c23)CC1. The molecule has 0 spiro atoms. The Morgan fingerprint density at radius 1 is 1.17 bits per heavy atom. The van der Waals surface area contributed by atoms with E-state index in [0.29, 0.717) is 6.54 Å². The van der Waals surface area contributed by atoms with E-state index in [2.05, 4.69) is 30.5 Å². The molecule has 29 heavy (non-hydrogen) atoms. The number of amides is 1. The smallest absolute Gasteiger partial charge is 0.234 e. The predicted octanol–water partition coefficient (Wildman–Crippen LogP) is 3.15. The standard InChI is InChI=1S/C21H24FN5OS/c1-2-7-23-18(28)12-26-8-10-27(11-9-26)20-19-17(13-29-21(19)25-14-24-20)15-3-5-16(22)6-4-15/h3-6,13-14H,2,7-12H2,1H3,(H,23,28). The lowest BCUT2D eigenvalue weighted by molar-refractivity contribution is -0.122. The molecule has 4 rings (SSSR count). The van der Waals surface area contributed by atoms with Crippen molar-refractivity contribution in [3.8, 4) is 11.1 Å². The number of rotatable bonds is 6. The molecule has 1 amide bonds. The van der Waals surface area contributed by atoms with Crippen molar-refractivity contribution >= 4 is 33.3 Å². The lowest BCUT2D eigenvalue weighted by Crippen LogP contribution is -2.49. The normalized spacial score (nSPS) is 15.0. The Labute approximate surface area is 173 Å². The minimum Gasteiger partial charge on any atom is -0.355 e. The number of nitrogens with one attached hydrogen (secondary N) is 1. The number of fused-ring (bicyclic) bond motifs is 1. The van der Waals surface area contributed by atoms with E-state index >= 15 is 0 Å². The van der Waals surface area contributed by atoms with Crippen LogP contribution < -0.4 is 10.2 Å². The van der Waals surface area contributed by atoms with Crippen LogP contribution in [0.2, 0.25) is 0 Å². The van der Waals surface area contributed by atoms with Crippen LogP contribution in [0.15, 0.2) is 36.0 Å². The highest BCUT2D eigenvalue weighted by molar-refractivity contribution is 7.17. The van der Waals surface area contributed by atoms with Crippen molar-refractivity contribution in [2.45, 2.75) is 13.3 Å². The highest BCUT2D eigenvalue weighted by Gasteiger charge is 2.23. The van der Waals surface area contributed by atoms with E-state index in [1.807, 2.05) is 6.92 Å². The van der Waals surface area contributed by atoms with Crippen LogP contribution in [0.1, 0.15) is 13.3 Å². The molecule has 1 saturated heterocycles. The molecule has 1 aliphatic rings. The summed E-state index contributed by atoms with van der Waals surface area (Å²) in [4.78, 5) is 26.3. The van der Waals surface area contributed by atoms with Crippen LogP contribution in [-0.2, 0) is 4.79 Å². The number of benzene rings is 1. The number of anilines is 1. The van der Waals surface area contributed by atoms with Gasteiger partial charge in [0.1, 0.15) is 22.8 Å². The van der Waals surface area contributed by atoms with Crippen LogP contribution in [0.5, 0.6) is 0 Å². The highest BCUT2D eigenvalue weighted by atomic mass is 32.1. The third-order valence-electron chi connectivity index (χ3n) is 5.12. The topological polar surface area (TPSA) is 61.4 Å². The summed E-state index contributed by atoms with van der Waals surface area (Å²) in [5.41, 5.74) is 1.99. The zero-order chi connectivity index (χ0) is 20.2. The van der Waals surface area contributed by atoms with Crippen LogP contribution in [0, 0.1) is 5.82 Å². The summed E-state index contributed by atoms with van der Waals surface area (Å²) >= 11 is 1.57. The fourth-order valence-electron chi connectivity index (χ4n) is 3.58. The van der Waals surface area contributed by atoms with Gasteiger partial charge in [-0.3, -0.25) is 9.69 Å². The molecule has 6 nitrogen and oxygen atoms in total. The molecule has 0 aliphatic carbocycles. The molecular formula is C21H24FN5OS. The number of piperazine rings is 1. The molecule has 152 valence electrons. The van der Waals surface area contributed by atoms with E-state index in [-0.39, 0.29) is 11.7 Å². The Morgan fingerprint density at radius 2 is 1.93 bits per heavy atom. The third kappa shape index (κ3) is 4.38. The number of thiophene rings is 1. The van der Waals surface area contributed by atoms with Gasteiger partial charge in [-0.15, -0.1) is 11.3 Å². The summed E-state index contributed by atoms with van der Waals surface area (Å²) in [6, 6.07) is 6.54. The first-order valence-corrected chi connectivity index (χ1v) is 10.8. The van der Waals surface area contributed by atoms with Gasteiger partial charge in [0.15, 0.2) is 0 Å². The number of aromatic nitrogens is 2. The van der Waals surface area contributed by atoms with Crippen LogP contribution in [-0.4, -0.2) is 60.0 Å². The van der Waals surface area contributed by atoms with E-state index in [1.165, 1.54) is 12.1 Å². The maximum atomic E-state index is 13.3. The van der Waals surface area contributed by atoms with Gasteiger partial charge in [0.05, 0.1) is 11.9 Å². The summed E-state index contributed by atoms with van der Waals surface area (Å²) in [6.45, 7) is 6.42. The monoisotopic (exact) mass is 413 g/mol. The zero-order valence-electron chi connectivity index (χ0n) is 16.4. The molecule has 0 saturated carbocycles. The first-order valence-electron chi connectivity index (χ1n) is 9.88. The lowest BCUT2D eigenvalue weighted by Gasteiger charge is -2.35. The van der Waals surface area contributed by atoms with Crippen LogP contribution >= 0.6 is 11.3 Å². The molecule has 1 fully saturated rings. The van der Waals surface area contributed by atoms with Gasteiger partial charge in [-0.1, -0.05) is 19.1 Å². The van der Waals surface area contributed by atoms with E-state index in [1.54, 1.807) is 29.8 Å². The van der Waals surface area contributed by atoms with Crippen molar-refractivity contribution in [3.63, 3.8) is 0 Å². The number of hydrogen-bond acceptors (Lipinski definition) is 6. The zero-order valence-corrected chi connectivity index (χ0v) is 17.2. The summed E-state index contributed by atoms with van der Waals surface area (Å²) < 4.78 is 13.3. The summed E-state index contributed by atoms with van der Waals surface area (Å²) in [6.07, 6.45) is 2.55. The molecule has 3 aromatic rings. The molecule has 3 heterocycles. The van der Waals surface area contributed by atoms with Crippen LogP contribution in [0.3, 0.4) is 0 Å². The maximum absolute atomic E-state index is 13.3. The first-order chi connectivity index (χ1) is 14.2. The largest absolute Gasteiger partial charge is 0.355 e. The van der Waals surface area contributed by atoms with Crippen molar-refractivity contribution in [1.29, 1.82) is 0 Å². The van der Waals surface area contributed by atoms with Gasteiger partial charge in [0.25, 0.3) is 0 Å². The number of carbonyl (C=O) groups excluding carboxylic acids is 1. The van der Waals surface area contributed by atoms with E-state index in [9.17, 15) is 9.18 Å². The van der Waals surface area contributed by atoms with Crippen molar-refractivity contribution < 1.29 is 9.18 Å². The third-order valence-corrected chi connectivity index (χ3v) is 6.00. The molecule has 0 radical (unpaired) electrons. The second-order valence-electron chi connectivity index (χ2n) is 7.15. The van der Waals surface area contributed by atoms with Crippen molar-refractivity contribution in [2.24, 2.45) is 0 Å². The Hall–Kier alpha value is -2.58. The molecular weight excluding hydrogens is 389 g/mol. The molecule has 1 N–H and O–H groups in total. The molecule has 1 aliphatic heterocycles. The van der Waals surface area contributed by atoms with Crippen LogP contribution in [0.25, 0.3) is 21.3 Å². The summed E-state index contributed by atoms with van der Waals surface area (Å²) in [7, 11) is 0. The summed E-state index contributed by atoms with van der Waals surface area (Å²) in [5, 5.41) is 6.00. The fourth-order valence-corrected chi connectivity index (χ4v) is 4.49. The Balaban J connectivity index is 1.52. The number of carbonyl (C=O) groups is 1. The van der Waals surface area contributed by atoms with Crippen molar-refractivity contribution in [2.75, 3.05) is 44.2 Å². The molecule has 1 aromatic carbocycles. The predicted molar refractivity (Wildman–Crippen MR) is 115 cm³/mol. The first kappa shape index (κ1) is 19.7. The van der Waals surface area contributed by atoms with Crippen molar-refractivity contribution in [1.82, 2.24) is 20.2 Å². The van der Waals surface area contributed by atoms with Gasteiger partial charge in [0, 0.05) is 43.7 Å². The number of halogens is 1. The molecule has 0 atom stereocenters. The van der Waals surface area contributed by atoms with Gasteiger partial charge in [-0.05, 0) is 24.1 Å². The molecule has 0 bridgehead atoms. The summed E-state index contributed by atoms with van der Waals surface area (Å²) in [5.74, 6) is 0.746. The minimum absolute atomic E-state index is 0.0844. The van der Waals surface area contributed by atoms with Crippen LogP contribution in [0.4, 0.5) is 10.2 Å². The van der Waals surface area contributed by atoms with E-state index < -0.39 is 0 Å². The Bertz CT molecular complexity index is 982. The molecule has 0 unspecified atom stereocenters. The van der Waals surface area contributed by atoms with Gasteiger partial charge >= 0.3 is 0 Å². The molecule has 8 heteroatoms.